The highest BCUT2D eigenvalue weighted by molar-refractivity contribution is 5.23. The summed E-state index contributed by atoms with van der Waals surface area (Å²) in [5.41, 5.74) is -0.354. The van der Waals surface area contributed by atoms with Gasteiger partial charge >= 0.3 is 0 Å². The van der Waals surface area contributed by atoms with Gasteiger partial charge < -0.3 is 10.4 Å². The lowest BCUT2D eigenvalue weighted by molar-refractivity contribution is 0.0319. The molecule has 2 nitrogen and oxygen atoms in total. The third-order valence-electron chi connectivity index (χ3n) is 2.92. The van der Waals surface area contributed by atoms with Crippen LogP contribution in [0.5, 0.6) is 0 Å². The molecule has 0 bridgehead atoms. The van der Waals surface area contributed by atoms with Crippen molar-refractivity contribution in [2.24, 2.45) is 5.92 Å². The molecule has 0 fully saturated rings. The maximum atomic E-state index is 13.2. The number of halogens is 1. The maximum Gasteiger partial charge on any atom is 0.123 e. The molecule has 1 aromatic carbocycles. The SMILES string of the molecule is CCC(O)(CNCC(C)C)c1cccc(F)c1. The normalized spacial score (nSPS) is 14.9. The fourth-order valence-corrected chi connectivity index (χ4v) is 1.78. The van der Waals surface area contributed by atoms with Gasteiger partial charge in [0.2, 0.25) is 0 Å². The van der Waals surface area contributed by atoms with Gasteiger partial charge in [-0.2, -0.15) is 0 Å². The molecular formula is C14H22FNO. The summed E-state index contributed by atoms with van der Waals surface area (Å²) in [5.74, 6) is 0.224. The summed E-state index contributed by atoms with van der Waals surface area (Å²) in [5, 5.41) is 13.7. The molecule has 0 amide bonds. The van der Waals surface area contributed by atoms with Crippen molar-refractivity contribution in [1.82, 2.24) is 5.32 Å². The van der Waals surface area contributed by atoms with Crippen molar-refractivity contribution in [3.63, 3.8) is 0 Å². The minimum atomic E-state index is -0.989. The molecule has 0 saturated carbocycles. The van der Waals surface area contributed by atoms with Gasteiger partial charge in [-0.05, 0) is 36.6 Å². The lowest BCUT2D eigenvalue weighted by Crippen LogP contribution is -2.39. The summed E-state index contributed by atoms with van der Waals surface area (Å²) < 4.78 is 13.2. The number of aliphatic hydroxyl groups is 1. The van der Waals surface area contributed by atoms with E-state index in [2.05, 4.69) is 19.2 Å². The van der Waals surface area contributed by atoms with Gasteiger partial charge in [0, 0.05) is 6.54 Å². The number of benzene rings is 1. The molecule has 96 valence electrons. The Bertz CT molecular complexity index is 354. The van der Waals surface area contributed by atoms with E-state index in [1.165, 1.54) is 12.1 Å². The van der Waals surface area contributed by atoms with E-state index in [-0.39, 0.29) is 5.82 Å². The van der Waals surface area contributed by atoms with Crippen molar-refractivity contribution < 1.29 is 9.50 Å². The molecular weight excluding hydrogens is 217 g/mol. The van der Waals surface area contributed by atoms with E-state index < -0.39 is 5.60 Å². The van der Waals surface area contributed by atoms with Crippen LogP contribution >= 0.6 is 0 Å². The monoisotopic (exact) mass is 239 g/mol. The highest BCUT2D eigenvalue weighted by Gasteiger charge is 2.26. The first-order valence-corrected chi connectivity index (χ1v) is 6.17. The Hall–Kier alpha value is -0.930. The first kappa shape index (κ1) is 14.1. The molecule has 3 heteroatoms. The third-order valence-corrected chi connectivity index (χ3v) is 2.92. The average Bonchev–Trinajstić information content (AvgIpc) is 2.28. The fourth-order valence-electron chi connectivity index (χ4n) is 1.78. The zero-order chi connectivity index (χ0) is 12.9. The van der Waals surface area contributed by atoms with Gasteiger partial charge in [-0.25, -0.2) is 4.39 Å². The summed E-state index contributed by atoms with van der Waals surface area (Å²) in [6, 6.07) is 6.19. The smallest absolute Gasteiger partial charge is 0.123 e. The van der Waals surface area contributed by atoms with Crippen LogP contribution in [0.2, 0.25) is 0 Å². The molecule has 0 radical (unpaired) electrons. The summed E-state index contributed by atoms with van der Waals surface area (Å²) in [6.07, 6.45) is 0.557. The van der Waals surface area contributed by atoms with Crippen molar-refractivity contribution in [2.75, 3.05) is 13.1 Å². The predicted molar refractivity (Wildman–Crippen MR) is 68.3 cm³/mol. The van der Waals surface area contributed by atoms with Crippen LogP contribution in [0.4, 0.5) is 4.39 Å². The molecule has 0 aromatic heterocycles. The van der Waals surface area contributed by atoms with Crippen LogP contribution in [0.15, 0.2) is 24.3 Å². The van der Waals surface area contributed by atoms with E-state index in [4.69, 9.17) is 0 Å². The van der Waals surface area contributed by atoms with Crippen molar-refractivity contribution in [2.45, 2.75) is 32.8 Å². The number of nitrogens with one attached hydrogen (secondary N) is 1. The van der Waals surface area contributed by atoms with Crippen molar-refractivity contribution in [1.29, 1.82) is 0 Å². The van der Waals surface area contributed by atoms with Crippen LogP contribution in [-0.4, -0.2) is 18.2 Å². The van der Waals surface area contributed by atoms with Gasteiger partial charge in [0.1, 0.15) is 11.4 Å². The largest absolute Gasteiger partial charge is 0.384 e. The quantitative estimate of drug-likeness (QED) is 0.800. The zero-order valence-corrected chi connectivity index (χ0v) is 10.8. The van der Waals surface area contributed by atoms with E-state index >= 15 is 0 Å². The van der Waals surface area contributed by atoms with E-state index in [9.17, 15) is 9.50 Å². The average molecular weight is 239 g/mol. The molecule has 2 N–H and O–H groups in total. The van der Waals surface area contributed by atoms with Crippen LogP contribution in [-0.2, 0) is 5.60 Å². The fraction of sp³-hybridized carbons (Fsp3) is 0.571. The molecule has 1 rings (SSSR count). The lowest BCUT2D eigenvalue weighted by atomic mass is 9.91. The predicted octanol–water partition coefficient (Wildman–Crippen LogP) is 2.67. The molecule has 1 atom stereocenters. The van der Waals surface area contributed by atoms with Crippen LogP contribution in [0.3, 0.4) is 0 Å². The second kappa shape index (κ2) is 6.12. The molecule has 0 heterocycles. The van der Waals surface area contributed by atoms with Gasteiger partial charge in [-0.15, -0.1) is 0 Å². The summed E-state index contributed by atoms with van der Waals surface area (Å²) >= 11 is 0. The molecule has 0 spiro atoms. The molecule has 0 aliphatic heterocycles. The Labute approximate surface area is 103 Å². The molecule has 0 aliphatic rings. The topological polar surface area (TPSA) is 32.3 Å². The number of rotatable bonds is 6. The first-order valence-electron chi connectivity index (χ1n) is 6.17. The zero-order valence-electron chi connectivity index (χ0n) is 10.8. The third kappa shape index (κ3) is 4.10. The van der Waals surface area contributed by atoms with Crippen molar-refractivity contribution >= 4 is 0 Å². The highest BCUT2D eigenvalue weighted by Crippen LogP contribution is 2.24. The molecule has 0 saturated heterocycles. The van der Waals surface area contributed by atoms with E-state index in [1.54, 1.807) is 12.1 Å². The minimum Gasteiger partial charge on any atom is -0.384 e. The van der Waals surface area contributed by atoms with E-state index in [1.807, 2.05) is 6.92 Å². The van der Waals surface area contributed by atoms with Crippen LogP contribution in [0.25, 0.3) is 0 Å². The Kier molecular flexibility index (Phi) is 5.09. The van der Waals surface area contributed by atoms with Crippen LogP contribution < -0.4 is 5.32 Å². The number of hydrogen-bond donors (Lipinski definition) is 2. The van der Waals surface area contributed by atoms with Crippen molar-refractivity contribution in [3.8, 4) is 0 Å². The molecule has 0 aliphatic carbocycles. The van der Waals surface area contributed by atoms with Crippen molar-refractivity contribution in [3.05, 3.63) is 35.6 Å². The Morgan fingerprint density at radius 2 is 2.12 bits per heavy atom. The molecule has 1 aromatic rings. The Morgan fingerprint density at radius 1 is 1.41 bits per heavy atom. The second-order valence-electron chi connectivity index (χ2n) is 4.92. The van der Waals surface area contributed by atoms with Gasteiger partial charge in [0.15, 0.2) is 0 Å². The molecule has 17 heavy (non-hydrogen) atoms. The minimum absolute atomic E-state index is 0.307. The second-order valence-corrected chi connectivity index (χ2v) is 4.92. The van der Waals surface area contributed by atoms with Gasteiger partial charge in [0.25, 0.3) is 0 Å². The van der Waals surface area contributed by atoms with Crippen LogP contribution in [0, 0.1) is 11.7 Å². The Balaban J connectivity index is 2.73. The van der Waals surface area contributed by atoms with E-state index in [0.29, 0.717) is 24.4 Å². The summed E-state index contributed by atoms with van der Waals surface area (Å²) in [6.45, 7) is 7.42. The lowest BCUT2D eigenvalue weighted by Gasteiger charge is -2.28. The maximum absolute atomic E-state index is 13.2. The first-order chi connectivity index (χ1) is 7.98. The number of hydrogen-bond acceptors (Lipinski definition) is 2. The summed E-state index contributed by atoms with van der Waals surface area (Å²) in [4.78, 5) is 0. The summed E-state index contributed by atoms with van der Waals surface area (Å²) in [7, 11) is 0. The highest BCUT2D eigenvalue weighted by atomic mass is 19.1. The van der Waals surface area contributed by atoms with Gasteiger partial charge in [-0.3, -0.25) is 0 Å². The van der Waals surface area contributed by atoms with E-state index in [0.717, 1.165) is 6.54 Å². The van der Waals surface area contributed by atoms with Crippen LogP contribution in [0.1, 0.15) is 32.8 Å². The Morgan fingerprint density at radius 3 is 2.65 bits per heavy atom. The standard InChI is InChI=1S/C14H22FNO/c1-4-14(17,10-16-9-11(2)3)12-6-5-7-13(15)8-12/h5-8,11,16-17H,4,9-10H2,1-3H3. The molecule has 1 unspecified atom stereocenters. The van der Waals surface area contributed by atoms with Gasteiger partial charge in [0.05, 0.1) is 0 Å². The van der Waals surface area contributed by atoms with Gasteiger partial charge in [-0.1, -0.05) is 32.9 Å².